The third-order valence-corrected chi connectivity index (χ3v) is 9.36. The van der Waals surface area contributed by atoms with Gasteiger partial charge in [-0.3, -0.25) is 14.2 Å². The maximum atomic E-state index is 14.0. The van der Waals surface area contributed by atoms with E-state index < -0.39 is 0 Å². The number of carbonyl (C=O) groups excluding carboxylic acids is 1. The Morgan fingerprint density at radius 2 is 1.87 bits per heavy atom. The highest BCUT2D eigenvalue weighted by molar-refractivity contribution is 7.99. The van der Waals surface area contributed by atoms with Crippen LogP contribution in [0.5, 0.6) is 5.75 Å². The van der Waals surface area contributed by atoms with Crippen LogP contribution in [-0.2, 0) is 17.6 Å². The number of nitrogens with zero attached hydrogens (tertiary/aromatic N) is 2. The van der Waals surface area contributed by atoms with Crippen molar-refractivity contribution in [1.82, 2.24) is 9.55 Å². The van der Waals surface area contributed by atoms with E-state index in [0.717, 1.165) is 52.0 Å². The standard InChI is InChI=1S/C30H33N3O3S2/c1-18-6-11-21(12-7-18)33-28(35)26-23-15-8-19(30(2,3)4)16-24(23)38-27(26)32-29(33)37-17-25(34)31-20-9-13-22(36-5)14-10-20/h6-7,9-14,19H,8,15-17H2,1-5H3,(H,31,34). The second-order valence-electron chi connectivity index (χ2n) is 10.9. The molecule has 1 N–H and O–H groups in total. The number of rotatable bonds is 6. The van der Waals surface area contributed by atoms with Crippen LogP contribution in [-0.4, -0.2) is 28.3 Å². The van der Waals surface area contributed by atoms with Crippen molar-refractivity contribution in [3.05, 3.63) is 74.9 Å². The summed E-state index contributed by atoms with van der Waals surface area (Å²) in [6.45, 7) is 8.91. The van der Waals surface area contributed by atoms with E-state index in [2.05, 4.69) is 26.1 Å². The van der Waals surface area contributed by atoms with Crippen LogP contribution < -0.4 is 15.6 Å². The summed E-state index contributed by atoms with van der Waals surface area (Å²) in [5.41, 5.74) is 3.90. The lowest BCUT2D eigenvalue weighted by Crippen LogP contribution is -2.27. The number of methoxy groups -OCH3 is 1. The third-order valence-electron chi connectivity index (χ3n) is 7.28. The highest BCUT2D eigenvalue weighted by Gasteiger charge is 2.32. The molecule has 2 aromatic carbocycles. The zero-order chi connectivity index (χ0) is 27.0. The van der Waals surface area contributed by atoms with E-state index >= 15 is 0 Å². The number of aryl methyl sites for hydroxylation is 2. The van der Waals surface area contributed by atoms with Crippen LogP contribution in [0.2, 0.25) is 0 Å². The molecule has 8 heteroatoms. The fourth-order valence-electron chi connectivity index (χ4n) is 4.97. The number of ether oxygens (including phenoxy) is 1. The maximum absolute atomic E-state index is 14.0. The van der Waals surface area contributed by atoms with Gasteiger partial charge < -0.3 is 10.1 Å². The summed E-state index contributed by atoms with van der Waals surface area (Å²) < 4.78 is 6.86. The SMILES string of the molecule is COc1ccc(NC(=O)CSc2nc3sc4c(c3c(=O)n2-c2ccc(C)cc2)CCC(C(C)(C)C)C4)cc1. The first-order valence-electron chi connectivity index (χ1n) is 12.8. The van der Waals surface area contributed by atoms with Crippen LogP contribution >= 0.6 is 23.1 Å². The number of thioether (sulfide) groups is 1. The molecule has 6 nitrogen and oxygen atoms in total. The minimum atomic E-state index is -0.163. The molecule has 1 amide bonds. The predicted octanol–water partition coefficient (Wildman–Crippen LogP) is 6.65. The van der Waals surface area contributed by atoms with Crippen LogP contribution in [0.1, 0.15) is 43.2 Å². The molecule has 38 heavy (non-hydrogen) atoms. The topological polar surface area (TPSA) is 73.2 Å². The molecule has 2 aromatic heterocycles. The summed E-state index contributed by atoms with van der Waals surface area (Å²) in [5, 5.41) is 4.18. The smallest absolute Gasteiger partial charge is 0.267 e. The number of carbonyl (C=O) groups is 1. The van der Waals surface area contributed by atoms with Crippen molar-refractivity contribution in [1.29, 1.82) is 0 Å². The van der Waals surface area contributed by atoms with Crippen molar-refractivity contribution in [2.75, 3.05) is 18.2 Å². The summed E-state index contributed by atoms with van der Waals surface area (Å²) in [4.78, 5) is 33.9. The van der Waals surface area contributed by atoms with Gasteiger partial charge in [-0.1, -0.05) is 50.2 Å². The lowest BCUT2D eigenvalue weighted by Gasteiger charge is -2.33. The fraction of sp³-hybridized carbons (Fsp3) is 0.367. The first-order valence-corrected chi connectivity index (χ1v) is 14.7. The van der Waals surface area contributed by atoms with Crippen molar-refractivity contribution < 1.29 is 9.53 Å². The van der Waals surface area contributed by atoms with Gasteiger partial charge in [0.15, 0.2) is 5.16 Å². The number of hydrogen-bond acceptors (Lipinski definition) is 6. The number of anilines is 1. The molecular formula is C30H33N3O3S2. The minimum absolute atomic E-state index is 0.0522. The largest absolute Gasteiger partial charge is 0.497 e. The van der Waals surface area contributed by atoms with Crippen molar-refractivity contribution in [3.8, 4) is 11.4 Å². The van der Waals surface area contributed by atoms with Gasteiger partial charge in [-0.15, -0.1) is 11.3 Å². The highest BCUT2D eigenvalue weighted by atomic mass is 32.2. The second-order valence-corrected chi connectivity index (χ2v) is 13.0. The Kier molecular flexibility index (Phi) is 7.38. The Hall–Kier alpha value is -3.10. The van der Waals surface area contributed by atoms with Gasteiger partial charge in [-0.2, -0.15) is 0 Å². The number of amides is 1. The van der Waals surface area contributed by atoms with Gasteiger partial charge in [-0.25, -0.2) is 4.98 Å². The fourth-order valence-corrected chi connectivity index (χ4v) is 7.12. The average molecular weight is 548 g/mol. The number of aromatic nitrogens is 2. The first kappa shape index (κ1) is 26.5. The molecule has 0 saturated carbocycles. The quantitative estimate of drug-likeness (QED) is 0.216. The third kappa shape index (κ3) is 5.38. The van der Waals surface area contributed by atoms with Crippen molar-refractivity contribution in [2.45, 2.75) is 52.1 Å². The van der Waals surface area contributed by atoms with Gasteiger partial charge in [0, 0.05) is 10.6 Å². The lowest BCUT2D eigenvalue weighted by molar-refractivity contribution is -0.113. The number of nitrogens with one attached hydrogen (secondary N) is 1. The molecule has 1 aliphatic carbocycles. The monoisotopic (exact) mass is 547 g/mol. The van der Waals surface area contributed by atoms with Gasteiger partial charge in [0.25, 0.3) is 5.56 Å². The molecular weight excluding hydrogens is 514 g/mol. The second kappa shape index (κ2) is 10.6. The van der Waals surface area contributed by atoms with Gasteiger partial charge >= 0.3 is 0 Å². The van der Waals surface area contributed by atoms with Gasteiger partial charge in [0.05, 0.1) is 23.9 Å². The number of thiophene rings is 1. The normalized spacial score (nSPS) is 15.3. The van der Waals surface area contributed by atoms with E-state index in [1.54, 1.807) is 47.3 Å². The zero-order valence-electron chi connectivity index (χ0n) is 22.5. The van der Waals surface area contributed by atoms with E-state index in [9.17, 15) is 9.59 Å². The van der Waals surface area contributed by atoms with Crippen molar-refractivity contribution >= 4 is 44.9 Å². The summed E-state index contributed by atoms with van der Waals surface area (Å²) in [6, 6.07) is 15.1. The Morgan fingerprint density at radius 3 is 2.53 bits per heavy atom. The summed E-state index contributed by atoms with van der Waals surface area (Å²) in [5.74, 6) is 1.28. The molecule has 1 unspecified atom stereocenters. The number of benzene rings is 2. The molecule has 0 saturated heterocycles. The molecule has 2 heterocycles. The Labute approximate surface area is 231 Å². The van der Waals surface area contributed by atoms with Crippen LogP contribution in [0.15, 0.2) is 58.5 Å². The Bertz CT molecular complexity index is 1530. The number of hydrogen-bond donors (Lipinski definition) is 1. The first-order chi connectivity index (χ1) is 18.1. The molecule has 0 fully saturated rings. The van der Waals surface area contributed by atoms with Gasteiger partial charge in [0.2, 0.25) is 5.91 Å². The van der Waals surface area contributed by atoms with Crippen LogP contribution in [0.4, 0.5) is 5.69 Å². The van der Waals surface area contributed by atoms with E-state index in [4.69, 9.17) is 9.72 Å². The average Bonchev–Trinajstić information content (AvgIpc) is 3.26. The van der Waals surface area contributed by atoms with Crippen molar-refractivity contribution in [3.63, 3.8) is 0 Å². The zero-order valence-corrected chi connectivity index (χ0v) is 24.1. The Balaban J connectivity index is 1.49. The molecule has 1 aliphatic rings. The number of fused-ring (bicyclic) bond motifs is 3. The van der Waals surface area contributed by atoms with Crippen LogP contribution in [0, 0.1) is 18.3 Å². The lowest BCUT2D eigenvalue weighted by atomic mass is 9.72. The molecule has 0 spiro atoms. The molecule has 0 bridgehead atoms. The molecule has 198 valence electrons. The van der Waals surface area contributed by atoms with E-state index in [1.165, 1.54) is 16.6 Å². The Morgan fingerprint density at radius 1 is 1.16 bits per heavy atom. The summed E-state index contributed by atoms with van der Waals surface area (Å²) in [7, 11) is 1.61. The van der Waals surface area contributed by atoms with E-state index in [0.29, 0.717) is 16.8 Å². The van der Waals surface area contributed by atoms with Crippen LogP contribution in [0.25, 0.3) is 15.9 Å². The molecule has 0 radical (unpaired) electrons. The van der Waals surface area contributed by atoms with Crippen LogP contribution in [0.3, 0.4) is 0 Å². The molecule has 4 aromatic rings. The van der Waals surface area contributed by atoms with Gasteiger partial charge in [0.1, 0.15) is 10.6 Å². The summed E-state index contributed by atoms with van der Waals surface area (Å²) in [6.07, 6.45) is 2.96. The molecule has 0 aliphatic heterocycles. The van der Waals surface area contributed by atoms with Gasteiger partial charge in [-0.05, 0) is 79.5 Å². The highest BCUT2D eigenvalue weighted by Crippen LogP contribution is 2.42. The summed E-state index contributed by atoms with van der Waals surface area (Å²) >= 11 is 2.93. The molecule has 1 atom stereocenters. The van der Waals surface area contributed by atoms with E-state index in [-0.39, 0.29) is 22.6 Å². The maximum Gasteiger partial charge on any atom is 0.267 e. The van der Waals surface area contributed by atoms with Crippen molar-refractivity contribution in [2.24, 2.45) is 11.3 Å². The predicted molar refractivity (Wildman–Crippen MR) is 157 cm³/mol. The minimum Gasteiger partial charge on any atom is -0.497 e. The van der Waals surface area contributed by atoms with E-state index in [1.807, 2.05) is 31.2 Å². The molecule has 5 rings (SSSR count).